The highest BCUT2D eigenvalue weighted by Crippen LogP contribution is 2.18. The zero-order chi connectivity index (χ0) is 23.6. The minimum absolute atomic E-state index is 0.178. The average Bonchev–Trinajstić information content (AvgIpc) is 2.73. The molecular weight excluding hydrogens is 474 g/mol. The van der Waals surface area contributed by atoms with Gasteiger partial charge in [-0.1, -0.05) is 73.7 Å². The molecule has 0 saturated heterocycles. The first-order chi connectivity index (χ1) is 14.7. The Bertz CT molecular complexity index is 621. The van der Waals surface area contributed by atoms with Crippen molar-refractivity contribution < 1.29 is 17.5 Å². The van der Waals surface area contributed by atoms with Crippen LogP contribution in [-0.2, 0) is 10.1 Å². The maximum atomic E-state index is 10.4. The molecule has 1 aromatic rings. The van der Waals surface area contributed by atoms with E-state index in [0.29, 0.717) is 0 Å². The van der Waals surface area contributed by atoms with E-state index in [1.807, 2.05) is 6.92 Å². The second kappa shape index (κ2) is 18.0. The Labute approximate surface area is 201 Å². The number of aryl methyl sites for hydroxylation is 1. The fraction of sp³-hybridized carbons (Fsp3) is 0.760. The van der Waals surface area contributed by atoms with Crippen molar-refractivity contribution in [1.82, 2.24) is 0 Å². The first-order valence-corrected chi connectivity index (χ1v) is 14.7. The Kier molecular flexibility index (Phi) is 17.8. The molecule has 0 spiro atoms. The lowest BCUT2D eigenvalue weighted by atomic mass is 10.1. The highest BCUT2D eigenvalue weighted by molar-refractivity contribution is 9.09. The minimum atomic E-state index is -4.27. The normalized spacial score (nSPS) is 11.8. The van der Waals surface area contributed by atoms with Gasteiger partial charge in [0.15, 0.2) is 0 Å². The van der Waals surface area contributed by atoms with Crippen molar-refractivity contribution in [3.05, 3.63) is 29.8 Å². The van der Waals surface area contributed by atoms with Crippen LogP contribution in [0.15, 0.2) is 29.2 Å². The van der Waals surface area contributed by atoms with Crippen LogP contribution in [0.3, 0.4) is 0 Å². The van der Waals surface area contributed by atoms with E-state index in [4.69, 9.17) is 0 Å². The summed E-state index contributed by atoms with van der Waals surface area (Å²) in [7, 11) is -4.27. The molecule has 0 fully saturated rings. The molecule has 4 nitrogen and oxygen atoms in total. The van der Waals surface area contributed by atoms with Crippen molar-refractivity contribution in [1.29, 1.82) is 0 Å². The molecule has 1 rings (SSSR count). The number of alkyl halides is 1. The molecule has 182 valence electrons. The number of hydrogen-bond donors (Lipinski definition) is 0. The number of quaternary nitrogens is 1. The summed E-state index contributed by atoms with van der Waals surface area (Å²) < 4.78 is 32.6. The van der Waals surface area contributed by atoms with Gasteiger partial charge < -0.3 is 9.04 Å². The molecule has 6 heteroatoms. The lowest BCUT2D eigenvalue weighted by Crippen LogP contribution is -2.50. The first-order valence-electron chi connectivity index (χ1n) is 12.2. The van der Waals surface area contributed by atoms with Crippen molar-refractivity contribution in [2.45, 2.75) is 96.8 Å². The van der Waals surface area contributed by atoms with Gasteiger partial charge in [0.05, 0.1) is 31.1 Å². The monoisotopic (exact) mass is 519 g/mol. The van der Waals surface area contributed by atoms with Gasteiger partial charge in [0.2, 0.25) is 0 Å². The standard InChI is InChI=1S/C18H39BrN.C7H8O3S/c1-4-7-11-16-20(15-9-6-3,17-12-8-5-2)18-13-10-14-19;1-6-2-4-7(5-3-6)11(8,9)10/h4-18H2,1-3H3;2-5H,1H3,(H,8,9,10)/q+1;/p-1. The summed E-state index contributed by atoms with van der Waals surface area (Å²) in [6.45, 7) is 14.5. The van der Waals surface area contributed by atoms with Gasteiger partial charge in [-0.25, -0.2) is 8.42 Å². The maximum Gasteiger partial charge on any atom is 0.124 e. The molecule has 0 heterocycles. The van der Waals surface area contributed by atoms with Gasteiger partial charge in [0.25, 0.3) is 0 Å². The van der Waals surface area contributed by atoms with Crippen LogP contribution < -0.4 is 0 Å². The second-order valence-electron chi connectivity index (χ2n) is 8.67. The van der Waals surface area contributed by atoms with Gasteiger partial charge in [-0.2, -0.15) is 0 Å². The van der Waals surface area contributed by atoms with E-state index >= 15 is 0 Å². The number of nitrogens with zero attached hydrogens (tertiary/aromatic N) is 1. The van der Waals surface area contributed by atoms with Gasteiger partial charge in [-0.15, -0.1) is 0 Å². The summed E-state index contributed by atoms with van der Waals surface area (Å²) in [5, 5.41) is 1.17. The van der Waals surface area contributed by atoms with Crippen LogP contribution in [0.1, 0.15) is 90.5 Å². The molecule has 0 N–H and O–H groups in total. The van der Waals surface area contributed by atoms with Crippen molar-refractivity contribution in [3.8, 4) is 0 Å². The maximum absolute atomic E-state index is 10.4. The highest BCUT2D eigenvalue weighted by Gasteiger charge is 2.25. The fourth-order valence-electron chi connectivity index (χ4n) is 3.81. The molecule has 0 atom stereocenters. The third kappa shape index (κ3) is 15.1. The summed E-state index contributed by atoms with van der Waals surface area (Å²) in [5.74, 6) is 0. The van der Waals surface area contributed by atoms with E-state index in [1.54, 1.807) is 12.1 Å². The topological polar surface area (TPSA) is 57.2 Å². The smallest absolute Gasteiger partial charge is 0.124 e. The Morgan fingerprint density at radius 3 is 1.55 bits per heavy atom. The van der Waals surface area contributed by atoms with Crippen LogP contribution in [0, 0.1) is 6.92 Å². The van der Waals surface area contributed by atoms with Gasteiger partial charge in [-0.3, -0.25) is 0 Å². The number of halogens is 1. The highest BCUT2D eigenvalue weighted by atomic mass is 79.9. The number of hydrogen-bond acceptors (Lipinski definition) is 3. The summed E-state index contributed by atoms with van der Waals surface area (Å²) >= 11 is 3.59. The van der Waals surface area contributed by atoms with E-state index in [0.717, 1.165) is 5.56 Å². The molecule has 0 aliphatic heterocycles. The number of rotatable bonds is 16. The van der Waals surface area contributed by atoms with Crippen LogP contribution in [0.5, 0.6) is 0 Å². The van der Waals surface area contributed by atoms with Gasteiger partial charge in [-0.05, 0) is 64.0 Å². The molecule has 0 unspecified atom stereocenters. The summed E-state index contributed by atoms with van der Waals surface area (Å²) in [6, 6.07) is 5.78. The van der Waals surface area contributed by atoms with Crippen LogP contribution in [0.4, 0.5) is 0 Å². The predicted octanol–water partition coefficient (Wildman–Crippen LogP) is 7.06. The van der Waals surface area contributed by atoms with Gasteiger partial charge in [0.1, 0.15) is 10.1 Å². The molecule has 0 aliphatic rings. The van der Waals surface area contributed by atoms with Crippen molar-refractivity contribution in [3.63, 3.8) is 0 Å². The minimum Gasteiger partial charge on any atom is -0.744 e. The van der Waals surface area contributed by atoms with E-state index in [2.05, 4.69) is 36.7 Å². The van der Waals surface area contributed by atoms with Crippen molar-refractivity contribution in [2.75, 3.05) is 31.5 Å². The molecule has 31 heavy (non-hydrogen) atoms. The number of unbranched alkanes of at least 4 members (excludes halogenated alkanes) is 6. The third-order valence-electron chi connectivity index (χ3n) is 5.78. The second-order valence-corrected chi connectivity index (χ2v) is 10.8. The summed E-state index contributed by atoms with van der Waals surface area (Å²) in [6.07, 6.45) is 13.9. The van der Waals surface area contributed by atoms with Gasteiger partial charge >= 0.3 is 0 Å². The molecule has 0 aliphatic carbocycles. The molecule has 0 aromatic heterocycles. The molecule has 0 bridgehead atoms. The zero-order valence-electron chi connectivity index (χ0n) is 20.4. The lowest BCUT2D eigenvalue weighted by molar-refractivity contribution is -0.929. The van der Waals surface area contributed by atoms with Crippen molar-refractivity contribution >= 4 is 26.0 Å². The van der Waals surface area contributed by atoms with Crippen LogP contribution in [0.25, 0.3) is 0 Å². The Morgan fingerprint density at radius 2 is 1.16 bits per heavy atom. The molecular formula is C25H46BrNO3S. The first kappa shape index (κ1) is 30.6. The Balaban J connectivity index is 0.000000683. The Hall–Kier alpha value is -0.430. The Morgan fingerprint density at radius 1 is 0.742 bits per heavy atom. The fourth-order valence-corrected chi connectivity index (χ4v) is 4.67. The van der Waals surface area contributed by atoms with Gasteiger partial charge in [0, 0.05) is 5.33 Å². The van der Waals surface area contributed by atoms with E-state index in [1.165, 1.54) is 112 Å². The van der Waals surface area contributed by atoms with Crippen LogP contribution >= 0.6 is 15.9 Å². The molecule has 1 aromatic carbocycles. The summed E-state index contributed by atoms with van der Waals surface area (Å²) in [5.41, 5.74) is 0.928. The predicted molar refractivity (Wildman–Crippen MR) is 136 cm³/mol. The SMILES string of the molecule is CCCCC[N+](CCCC)(CCCCC)CCCCBr.Cc1ccc(S(=O)(=O)[O-])cc1. The van der Waals surface area contributed by atoms with E-state index in [-0.39, 0.29) is 4.90 Å². The summed E-state index contributed by atoms with van der Waals surface area (Å²) in [4.78, 5) is -0.178. The zero-order valence-corrected chi connectivity index (χ0v) is 22.8. The average molecular weight is 521 g/mol. The van der Waals surface area contributed by atoms with Crippen LogP contribution in [0.2, 0.25) is 0 Å². The molecule has 0 radical (unpaired) electrons. The largest absolute Gasteiger partial charge is 0.744 e. The number of benzene rings is 1. The van der Waals surface area contributed by atoms with Crippen LogP contribution in [-0.4, -0.2) is 49.0 Å². The van der Waals surface area contributed by atoms with E-state index in [9.17, 15) is 13.0 Å². The van der Waals surface area contributed by atoms with E-state index < -0.39 is 10.1 Å². The lowest BCUT2D eigenvalue weighted by Gasteiger charge is -2.39. The quantitative estimate of drug-likeness (QED) is 0.101. The van der Waals surface area contributed by atoms with Crippen molar-refractivity contribution in [2.24, 2.45) is 0 Å². The molecule has 0 amide bonds. The molecule has 0 saturated carbocycles. The third-order valence-corrected chi connectivity index (χ3v) is 7.19.